The van der Waals surface area contributed by atoms with Gasteiger partial charge in [-0.15, -0.1) is 0 Å². The maximum absolute atomic E-state index is 12.6. The first-order valence-electron chi connectivity index (χ1n) is 7.44. The number of pyridine rings is 1. The SMILES string of the molecule is FC(F)(F)c1cnc(NCc2cccc(Cn3cccn3)c2)c(Cl)c1. The Morgan fingerprint density at radius 2 is 1.92 bits per heavy atom. The first-order chi connectivity index (χ1) is 11.9. The predicted octanol–water partition coefficient (Wildman–Crippen LogP) is 4.61. The van der Waals surface area contributed by atoms with E-state index in [0.29, 0.717) is 13.1 Å². The van der Waals surface area contributed by atoms with Crippen LogP contribution in [0.25, 0.3) is 0 Å². The first-order valence-corrected chi connectivity index (χ1v) is 7.81. The third-order valence-corrected chi connectivity index (χ3v) is 3.81. The van der Waals surface area contributed by atoms with Crippen LogP contribution in [-0.2, 0) is 19.3 Å². The maximum Gasteiger partial charge on any atom is 0.417 e. The number of anilines is 1. The predicted molar refractivity (Wildman–Crippen MR) is 89.3 cm³/mol. The zero-order chi connectivity index (χ0) is 17.9. The fourth-order valence-electron chi connectivity index (χ4n) is 2.33. The van der Waals surface area contributed by atoms with Crippen molar-refractivity contribution in [1.82, 2.24) is 14.8 Å². The van der Waals surface area contributed by atoms with Gasteiger partial charge in [0.2, 0.25) is 0 Å². The summed E-state index contributed by atoms with van der Waals surface area (Å²) in [6.07, 6.45) is -0.112. The van der Waals surface area contributed by atoms with E-state index in [-0.39, 0.29) is 10.8 Å². The van der Waals surface area contributed by atoms with Gasteiger partial charge in [0, 0.05) is 25.1 Å². The van der Waals surface area contributed by atoms with Crippen LogP contribution in [0.1, 0.15) is 16.7 Å². The molecule has 3 rings (SSSR count). The number of nitrogens with zero attached hydrogens (tertiary/aromatic N) is 3. The smallest absolute Gasteiger partial charge is 0.365 e. The summed E-state index contributed by atoms with van der Waals surface area (Å²) in [6.45, 7) is 1.03. The van der Waals surface area contributed by atoms with Crippen molar-refractivity contribution in [1.29, 1.82) is 0 Å². The van der Waals surface area contributed by atoms with Gasteiger partial charge in [-0.3, -0.25) is 4.68 Å². The Morgan fingerprint density at radius 1 is 1.12 bits per heavy atom. The Bertz CT molecular complexity index is 847. The average molecular weight is 367 g/mol. The number of aromatic nitrogens is 3. The Hall–Kier alpha value is -2.54. The summed E-state index contributed by atoms with van der Waals surface area (Å²) in [5.41, 5.74) is 1.15. The van der Waals surface area contributed by atoms with Crippen molar-refractivity contribution in [3.63, 3.8) is 0 Å². The zero-order valence-corrected chi connectivity index (χ0v) is 13.7. The van der Waals surface area contributed by atoms with Gasteiger partial charge in [-0.1, -0.05) is 35.9 Å². The van der Waals surface area contributed by atoms with E-state index in [1.807, 2.05) is 36.5 Å². The molecule has 0 saturated carbocycles. The lowest BCUT2D eigenvalue weighted by Gasteiger charge is -2.11. The van der Waals surface area contributed by atoms with E-state index >= 15 is 0 Å². The fraction of sp³-hybridized carbons (Fsp3) is 0.176. The number of benzene rings is 1. The maximum atomic E-state index is 12.6. The topological polar surface area (TPSA) is 42.7 Å². The minimum Gasteiger partial charge on any atom is -0.365 e. The number of rotatable bonds is 5. The molecule has 0 atom stereocenters. The van der Waals surface area contributed by atoms with E-state index in [9.17, 15) is 13.2 Å². The molecule has 2 aromatic heterocycles. The summed E-state index contributed by atoms with van der Waals surface area (Å²) < 4.78 is 39.7. The van der Waals surface area contributed by atoms with E-state index in [2.05, 4.69) is 15.4 Å². The molecule has 0 saturated heterocycles. The molecule has 0 bridgehead atoms. The lowest BCUT2D eigenvalue weighted by Crippen LogP contribution is -2.08. The molecule has 2 heterocycles. The van der Waals surface area contributed by atoms with Gasteiger partial charge in [0.25, 0.3) is 0 Å². The number of hydrogen-bond acceptors (Lipinski definition) is 3. The van der Waals surface area contributed by atoms with Gasteiger partial charge in [-0.05, 0) is 23.3 Å². The van der Waals surface area contributed by atoms with Gasteiger partial charge < -0.3 is 5.32 Å². The van der Waals surface area contributed by atoms with Crippen LogP contribution in [0.4, 0.5) is 19.0 Å². The van der Waals surface area contributed by atoms with Crippen LogP contribution >= 0.6 is 11.6 Å². The van der Waals surface area contributed by atoms with Crippen LogP contribution in [0.2, 0.25) is 5.02 Å². The van der Waals surface area contributed by atoms with Crippen molar-refractivity contribution in [2.24, 2.45) is 0 Å². The lowest BCUT2D eigenvalue weighted by atomic mass is 10.1. The molecule has 3 aromatic rings. The summed E-state index contributed by atoms with van der Waals surface area (Å²) in [6, 6.07) is 10.5. The molecule has 0 amide bonds. The van der Waals surface area contributed by atoms with Crippen LogP contribution in [0.5, 0.6) is 0 Å². The highest BCUT2D eigenvalue weighted by Gasteiger charge is 2.31. The Kier molecular flexibility index (Phi) is 4.94. The van der Waals surface area contributed by atoms with Crippen LogP contribution in [-0.4, -0.2) is 14.8 Å². The van der Waals surface area contributed by atoms with Crippen LogP contribution in [0.3, 0.4) is 0 Å². The Balaban J connectivity index is 1.67. The summed E-state index contributed by atoms with van der Waals surface area (Å²) in [5, 5.41) is 7.05. The van der Waals surface area contributed by atoms with E-state index in [4.69, 9.17) is 11.6 Å². The van der Waals surface area contributed by atoms with Crippen molar-refractivity contribution >= 4 is 17.4 Å². The van der Waals surface area contributed by atoms with Gasteiger partial charge in [0.1, 0.15) is 5.82 Å². The molecule has 8 heteroatoms. The van der Waals surface area contributed by atoms with E-state index in [1.165, 1.54) is 0 Å². The Labute approximate surface area is 147 Å². The second kappa shape index (κ2) is 7.14. The summed E-state index contributed by atoms with van der Waals surface area (Å²) in [7, 11) is 0. The van der Waals surface area contributed by atoms with Gasteiger partial charge >= 0.3 is 6.18 Å². The third kappa shape index (κ3) is 4.51. The molecule has 0 spiro atoms. The molecule has 25 heavy (non-hydrogen) atoms. The molecule has 0 aliphatic carbocycles. The third-order valence-electron chi connectivity index (χ3n) is 3.52. The van der Waals surface area contributed by atoms with Crippen molar-refractivity contribution in [3.8, 4) is 0 Å². The molecule has 0 aliphatic heterocycles. The lowest BCUT2D eigenvalue weighted by molar-refractivity contribution is -0.137. The number of nitrogens with one attached hydrogen (secondary N) is 1. The van der Waals surface area contributed by atoms with Gasteiger partial charge in [0.05, 0.1) is 17.1 Å². The molecule has 0 unspecified atom stereocenters. The number of alkyl halides is 3. The molecule has 0 radical (unpaired) electrons. The van der Waals surface area contributed by atoms with Crippen molar-refractivity contribution < 1.29 is 13.2 Å². The highest BCUT2D eigenvalue weighted by Crippen LogP contribution is 2.32. The molecule has 0 aliphatic rings. The fourth-order valence-corrected chi connectivity index (χ4v) is 2.56. The molecular formula is C17H14ClF3N4. The number of halogens is 4. The standard InChI is InChI=1S/C17H14ClF3N4/c18-15-8-14(17(19,20)21)10-23-16(15)22-9-12-3-1-4-13(7-12)11-25-6-2-5-24-25/h1-8,10H,9,11H2,(H,22,23). The highest BCUT2D eigenvalue weighted by molar-refractivity contribution is 6.32. The average Bonchev–Trinajstić information content (AvgIpc) is 3.06. The molecule has 0 fully saturated rings. The van der Waals surface area contributed by atoms with Crippen molar-refractivity contribution in [2.45, 2.75) is 19.3 Å². The molecule has 1 N–H and O–H groups in total. The van der Waals surface area contributed by atoms with Gasteiger partial charge in [0.15, 0.2) is 0 Å². The summed E-state index contributed by atoms with van der Waals surface area (Å²) in [4.78, 5) is 3.77. The van der Waals surface area contributed by atoms with E-state index < -0.39 is 11.7 Å². The van der Waals surface area contributed by atoms with Gasteiger partial charge in [-0.25, -0.2) is 4.98 Å². The largest absolute Gasteiger partial charge is 0.417 e. The molecule has 1 aromatic carbocycles. The summed E-state index contributed by atoms with van der Waals surface area (Å²) >= 11 is 5.89. The zero-order valence-electron chi connectivity index (χ0n) is 13.0. The minimum absolute atomic E-state index is 0.0671. The second-order valence-corrected chi connectivity index (χ2v) is 5.84. The molecule has 130 valence electrons. The molecular weight excluding hydrogens is 353 g/mol. The first kappa shape index (κ1) is 17.3. The molecule has 4 nitrogen and oxygen atoms in total. The normalized spacial score (nSPS) is 11.5. The second-order valence-electron chi connectivity index (χ2n) is 5.43. The van der Waals surface area contributed by atoms with Crippen LogP contribution in [0.15, 0.2) is 55.0 Å². The quantitative estimate of drug-likeness (QED) is 0.717. The number of hydrogen-bond donors (Lipinski definition) is 1. The van der Waals surface area contributed by atoms with Crippen molar-refractivity contribution in [3.05, 3.63) is 76.7 Å². The highest BCUT2D eigenvalue weighted by atomic mass is 35.5. The van der Waals surface area contributed by atoms with E-state index in [0.717, 1.165) is 23.4 Å². The Morgan fingerprint density at radius 3 is 2.60 bits per heavy atom. The van der Waals surface area contributed by atoms with Crippen LogP contribution in [0, 0.1) is 0 Å². The van der Waals surface area contributed by atoms with Crippen molar-refractivity contribution in [2.75, 3.05) is 5.32 Å². The monoisotopic (exact) mass is 366 g/mol. The van der Waals surface area contributed by atoms with Crippen LogP contribution < -0.4 is 5.32 Å². The summed E-state index contributed by atoms with van der Waals surface area (Å²) in [5.74, 6) is 0.215. The minimum atomic E-state index is -4.46. The van der Waals surface area contributed by atoms with Gasteiger partial charge in [-0.2, -0.15) is 18.3 Å². The van der Waals surface area contributed by atoms with E-state index in [1.54, 1.807) is 10.9 Å².